The van der Waals surface area contributed by atoms with E-state index in [1.54, 1.807) is 24.3 Å². The van der Waals surface area contributed by atoms with Gasteiger partial charge in [-0.3, -0.25) is 19.0 Å². The van der Waals surface area contributed by atoms with Crippen molar-refractivity contribution in [3.05, 3.63) is 71.3 Å². The highest BCUT2D eigenvalue weighted by Crippen LogP contribution is 2.28. The molecular formula is C23H19F3N6O3. The number of ether oxygens (including phenoxy) is 1. The Morgan fingerprint density at radius 3 is 2.71 bits per heavy atom. The molecule has 0 saturated heterocycles. The smallest absolute Gasteiger partial charge is 0.322 e. The molecular weight excluding hydrogens is 465 g/mol. The van der Waals surface area contributed by atoms with Gasteiger partial charge >= 0.3 is 6.36 Å². The van der Waals surface area contributed by atoms with Gasteiger partial charge in [0.2, 0.25) is 0 Å². The molecule has 2 amide bonds. The summed E-state index contributed by atoms with van der Waals surface area (Å²) < 4.78 is 41.8. The summed E-state index contributed by atoms with van der Waals surface area (Å²) in [7, 11) is 0. The third-order valence-electron chi connectivity index (χ3n) is 5.39. The molecule has 1 N–H and O–H groups in total. The van der Waals surface area contributed by atoms with Gasteiger partial charge in [0.1, 0.15) is 17.5 Å². The Hall–Kier alpha value is -4.24. The summed E-state index contributed by atoms with van der Waals surface area (Å²) in [5, 5.41) is 15.8. The SMILES string of the molecule is CC1Cn2ncc(C(=O)Nc3ccnc(C#N)c3)c2C(=O)N1c1ccc(CCOC(F)(F)F)cc1. The first-order chi connectivity index (χ1) is 16.7. The van der Waals surface area contributed by atoms with E-state index in [2.05, 4.69) is 20.1 Å². The topological polar surface area (TPSA) is 113 Å². The number of rotatable bonds is 6. The summed E-state index contributed by atoms with van der Waals surface area (Å²) in [6.45, 7) is 1.66. The predicted molar refractivity (Wildman–Crippen MR) is 118 cm³/mol. The second-order valence-corrected chi connectivity index (χ2v) is 7.82. The largest absolute Gasteiger partial charge is 0.522 e. The lowest BCUT2D eigenvalue weighted by molar-refractivity contribution is -0.324. The Morgan fingerprint density at radius 1 is 1.29 bits per heavy atom. The van der Waals surface area contributed by atoms with Gasteiger partial charge in [-0.15, -0.1) is 13.2 Å². The van der Waals surface area contributed by atoms with Crippen LogP contribution in [-0.4, -0.2) is 45.6 Å². The van der Waals surface area contributed by atoms with Crippen LogP contribution in [0.1, 0.15) is 39.0 Å². The molecule has 0 bridgehead atoms. The summed E-state index contributed by atoms with van der Waals surface area (Å²) in [6, 6.07) is 11.1. The summed E-state index contributed by atoms with van der Waals surface area (Å²) in [5.41, 5.74) is 1.81. The Balaban J connectivity index is 1.53. The van der Waals surface area contributed by atoms with Crippen LogP contribution in [-0.2, 0) is 17.7 Å². The third kappa shape index (κ3) is 5.30. The number of benzene rings is 1. The molecule has 9 nitrogen and oxygen atoms in total. The van der Waals surface area contributed by atoms with Crippen molar-refractivity contribution in [1.29, 1.82) is 5.26 Å². The molecule has 0 spiro atoms. The molecule has 1 atom stereocenters. The molecule has 180 valence electrons. The Bertz CT molecular complexity index is 1300. The van der Waals surface area contributed by atoms with Gasteiger partial charge in [-0.25, -0.2) is 4.98 Å². The first-order valence-corrected chi connectivity index (χ1v) is 10.5. The Morgan fingerprint density at radius 2 is 2.03 bits per heavy atom. The first-order valence-electron chi connectivity index (χ1n) is 10.5. The number of amides is 2. The number of hydrogen-bond donors (Lipinski definition) is 1. The van der Waals surface area contributed by atoms with Gasteiger partial charge in [0.05, 0.1) is 31.0 Å². The minimum absolute atomic E-state index is 0.0584. The number of anilines is 2. The summed E-state index contributed by atoms with van der Waals surface area (Å²) in [6.07, 6.45) is -1.93. The van der Waals surface area contributed by atoms with Crippen molar-refractivity contribution in [3.8, 4) is 6.07 Å². The minimum atomic E-state index is -4.68. The van der Waals surface area contributed by atoms with Crippen molar-refractivity contribution >= 4 is 23.2 Å². The van der Waals surface area contributed by atoms with E-state index in [0.29, 0.717) is 23.5 Å². The average molecular weight is 484 g/mol. The molecule has 1 aliphatic rings. The van der Waals surface area contributed by atoms with Crippen LogP contribution in [0, 0.1) is 11.3 Å². The number of nitrogens with zero attached hydrogens (tertiary/aromatic N) is 5. The lowest BCUT2D eigenvalue weighted by Crippen LogP contribution is -2.47. The maximum absolute atomic E-state index is 13.4. The zero-order valence-electron chi connectivity index (χ0n) is 18.4. The van der Waals surface area contributed by atoms with Crippen molar-refractivity contribution in [2.24, 2.45) is 0 Å². The number of carbonyl (C=O) groups excluding carboxylic acids is 2. The molecule has 1 aromatic carbocycles. The van der Waals surface area contributed by atoms with Crippen LogP contribution in [0.2, 0.25) is 0 Å². The molecule has 0 fully saturated rings. The molecule has 0 radical (unpaired) electrons. The van der Waals surface area contributed by atoms with Crippen LogP contribution in [0.25, 0.3) is 0 Å². The maximum Gasteiger partial charge on any atom is 0.522 e. The normalized spacial score (nSPS) is 15.5. The van der Waals surface area contributed by atoms with E-state index in [1.807, 2.05) is 13.0 Å². The standard InChI is InChI=1S/C23H19F3N6O3/c1-14-13-31-20(19(12-29-31)21(33)30-16-6-8-28-17(10-16)11-27)22(34)32(14)18-4-2-15(3-5-18)7-9-35-23(24,25)26/h2-6,8,10,12,14H,7,9,13H2,1H3,(H,28,30,33). The van der Waals surface area contributed by atoms with Crippen LogP contribution in [0.3, 0.4) is 0 Å². The lowest BCUT2D eigenvalue weighted by atomic mass is 10.1. The number of nitrogens with one attached hydrogen (secondary N) is 1. The van der Waals surface area contributed by atoms with E-state index in [4.69, 9.17) is 5.26 Å². The first kappa shape index (κ1) is 23.9. The summed E-state index contributed by atoms with van der Waals surface area (Å²) >= 11 is 0. The number of pyridine rings is 1. The predicted octanol–water partition coefficient (Wildman–Crippen LogP) is 3.53. The van der Waals surface area contributed by atoms with Crippen LogP contribution in [0.4, 0.5) is 24.5 Å². The quantitative estimate of drug-likeness (QED) is 0.573. The lowest BCUT2D eigenvalue weighted by Gasteiger charge is -2.34. The van der Waals surface area contributed by atoms with Crippen LogP contribution >= 0.6 is 0 Å². The zero-order valence-corrected chi connectivity index (χ0v) is 18.4. The van der Waals surface area contributed by atoms with Crippen molar-refractivity contribution in [3.63, 3.8) is 0 Å². The number of fused-ring (bicyclic) bond motifs is 1. The number of hydrogen-bond acceptors (Lipinski definition) is 6. The highest BCUT2D eigenvalue weighted by molar-refractivity contribution is 6.15. The molecule has 3 aromatic rings. The molecule has 0 aliphatic carbocycles. The van der Waals surface area contributed by atoms with E-state index in [1.165, 1.54) is 34.1 Å². The van der Waals surface area contributed by atoms with Crippen molar-refractivity contribution < 1.29 is 27.5 Å². The van der Waals surface area contributed by atoms with E-state index < -0.39 is 24.8 Å². The van der Waals surface area contributed by atoms with E-state index in [9.17, 15) is 22.8 Å². The second kappa shape index (κ2) is 9.55. The minimum Gasteiger partial charge on any atom is -0.322 e. The molecule has 2 aromatic heterocycles. The molecule has 1 unspecified atom stereocenters. The third-order valence-corrected chi connectivity index (χ3v) is 5.39. The molecule has 3 heterocycles. The van der Waals surface area contributed by atoms with Crippen molar-refractivity contribution in [1.82, 2.24) is 14.8 Å². The van der Waals surface area contributed by atoms with Gasteiger partial charge in [-0.2, -0.15) is 10.4 Å². The highest BCUT2D eigenvalue weighted by Gasteiger charge is 2.36. The summed E-state index contributed by atoms with van der Waals surface area (Å²) in [4.78, 5) is 31.7. The molecule has 35 heavy (non-hydrogen) atoms. The Kier molecular flexibility index (Phi) is 6.52. The average Bonchev–Trinajstić information content (AvgIpc) is 3.23. The molecule has 1 aliphatic heterocycles. The number of alkyl halides is 3. The fraction of sp³-hybridized carbons (Fsp3) is 0.261. The fourth-order valence-electron chi connectivity index (χ4n) is 3.81. The van der Waals surface area contributed by atoms with Gasteiger partial charge in [0.25, 0.3) is 11.8 Å². The van der Waals surface area contributed by atoms with Crippen LogP contribution in [0.15, 0.2) is 48.8 Å². The van der Waals surface area contributed by atoms with Gasteiger partial charge in [-0.05, 0) is 43.2 Å². The molecule has 12 heteroatoms. The fourth-order valence-corrected chi connectivity index (χ4v) is 3.81. The van der Waals surface area contributed by atoms with E-state index in [0.717, 1.165) is 0 Å². The van der Waals surface area contributed by atoms with Crippen LogP contribution < -0.4 is 10.2 Å². The molecule has 4 rings (SSSR count). The van der Waals surface area contributed by atoms with E-state index in [-0.39, 0.29) is 29.4 Å². The monoisotopic (exact) mass is 484 g/mol. The number of carbonyl (C=O) groups is 2. The van der Waals surface area contributed by atoms with Crippen molar-refractivity contribution in [2.45, 2.75) is 32.3 Å². The van der Waals surface area contributed by atoms with Gasteiger partial charge in [0.15, 0.2) is 0 Å². The van der Waals surface area contributed by atoms with Gasteiger partial charge in [-0.1, -0.05) is 12.1 Å². The van der Waals surface area contributed by atoms with Crippen molar-refractivity contribution in [2.75, 3.05) is 16.8 Å². The zero-order chi connectivity index (χ0) is 25.2. The highest BCUT2D eigenvalue weighted by atomic mass is 19.4. The number of aromatic nitrogens is 3. The maximum atomic E-state index is 13.4. The number of halogens is 3. The Labute approximate surface area is 197 Å². The van der Waals surface area contributed by atoms with Crippen LogP contribution in [0.5, 0.6) is 0 Å². The van der Waals surface area contributed by atoms with E-state index >= 15 is 0 Å². The summed E-state index contributed by atoms with van der Waals surface area (Å²) in [5.74, 6) is -1.00. The second-order valence-electron chi connectivity index (χ2n) is 7.82. The van der Waals surface area contributed by atoms with Gasteiger partial charge < -0.3 is 10.2 Å². The molecule has 0 saturated carbocycles. The number of nitriles is 1. The van der Waals surface area contributed by atoms with Gasteiger partial charge in [0, 0.05) is 17.6 Å².